The van der Waals surface area contributed by atoms with Crippen LogP contribution in [0.25, 0.3) is 0 Å². The highest BCUT2D eigenvalue weighted by Crippen LogP contribution is 2.16. The summed E-state index contributed by atoms with van der Waals surface area (Å²) in [4.78, 5) is 13.7. The SMILES string of the molecule is CCC(CC)C(=O)N1CCC(N)C1.Cl. The zero-order chi connectivity index (χ0) is 9.84. The number of nitrogens with zero attached hydrogens (tertiary/aromatic N) is 1. The number of hydrogen-bond donors (Lipinski definition) is 1. The van der Waals surface area contributed by atoms with Gasteiger partial charge in [0.1, 0.15) is 0 Å². The van der Waals surface area contributed by atoms with Gasteiger partial charge >= 0.3 is 0 Å². The van der Waals surface area contributed by atoms with Crippen molar-refractivity contribution in [3.63, 3.8) is 0 Å². The molecule has 84 valence electrons. The van der Waals surface area contributed by atoms with Crippen molar-refractivity contribution in [1.29, 1.82) is 0 Å². The molecular weight excluding hydrogens is 200 g/mol. The second kappa shape index (κ2) is 6.25. The Hall–Kier alpha value is -0.280. The molecule has 0 spiro atoms. The Bertz CT molecular complexity index is 183. The standard InChI is InChI=1S/C10H20N2O.ClH/c1-3-8(4-2)10(13)12-6-5-9(11)7-12;/h8-9H,3-7,11H2,1-2H3;1H. The molecule has 1 rings (SSSR count). The summed E-state index contributed by atoms with van der Waals surface area (Å²) in [7, 11) is 0. The van der Waals surface area contributed by atoms with E-state index in [0.717, 1.165) is 32.4 Å². The first-order valence-electron chi connectivity index (χ1n) is 5.23. The topological polar surface area (TPSA) is 46.3 Å². The van der Waals surface area contributed by atoms with Gasteiger partial charge in [-0.05, 0) is 19.3 Å². The maximum Gasteiger partial charge on any atom is 0.225 e. The van der Waals surface area contributed by atoms with Crippen LogP contribution in [0.4, 0.5) is 0 Å². The van der Waals surface area contributed by atoms with Crippen molar-refractivity contribution < 1.29 is 4.79 Å². The zero-order valence-corrected chi connectivity index (χ0v) is 9.85. The van der Waals surface area contributed by atoms with Crippen LogP contribution in [-0.4, -0.2) is 29.9 Å². The van der Waals surface area contributed by atoms with Gasteiger partial charge in [-0.25, -0.2) is 0 Å². The third-order valence-corrected chi connectivity index (χ3v) is 2.87. The molecule has 0 aromatic heterocycles. The maximum absolute atomic E-state index is 11.8. The third-order valence-electron chi connectivity index (χ3n) is 2.87. The van der Waals surface area contributed by atoms with Crippen LogP contribution in [0, 0.1) is 5.92 Å². The lowest BCUT2D eigenvalue weighted by Crippen LogP contribution is -2.36. The second-order valence-electron chi connectivity index (χ2n) is 3.85. The van der Waals surface area contributed by atoms with Gasteiger partial charge in [0.05, 0.1) is 0 Å². The lowest BCUT2D eigenvalue weighted by Gasteiger charge is -2.21. The van der Waals surface area contributed by atoms with Gasteiger partial charge in [-0.15, -0.1) is 12.4 Å². The summed E-state index contributed by atoms with van der Waals surface area (Å²) >= 11 is 0. The Morgan fingerprint density at radius 3 is 2.43 bits per heavy atom. The van der Waals surface area contributed by atoms with E-state index in [1.54, 1.807) is 0 Å². The fourth-order valence-electron chi connectivity index (χ4n) is 1.88. The molecule has 0 bridgehead atoms. The van der Waals surface area contributed by atoms with E-state index in [0.29, 0.717) is 5.91 Å². The van der Waals surface area contributed by atoms with E-state index in [2.05, 4.69) is 13.8 Å². The molecule has 0 saturated carbocycles. The van der Waals surface area contributed by atoms with E-state index in [9.17, 15) is 4.79 Å². The lowest BCUT2D eigenvalue weighted by atomic mass is 10.0. The molecule has 1 fully saturated rings. The van der Waals surface area contributed by atoms with Crippen LogP contribution in [0.15, 0.2) is 0 Å². The minimum absolute atomic E-state index is 0. The minimum atomic E-state index is 0. The van der Waals surface area contributed by atoms with Gasteiger partial charge in [-0.1, -0.05) is 13.8 Å². The molecular formula is C10H21ClN2O. The van der Waals surface area contributed by atoms with Gasteiger partial charge in [0.15, 0.2) is 0 Å². The highest BCUT2D eigenvalue weighted by molar-refractivity contribution is 5.85. The molecule has 1 heterocycles. The number of carbonyl (C=O) groups excluding carboxylic acids is 1. The number of halogens is 1. The Morgan fingerprint density at radius 1 is 1.50 bits per heavy atom. The molecule has 1 aliphatic rings. The van der Waals surface area contributed by atoms with E-state index in [4.69, 9.17) is 5.73 Å². The third kappa shape index (κ3) is 3.14. The number of nitrogens with two attached hydrogens (primary N) is 1. The molecule has 4 heteroatoms. The molecule has 1 unspecified atom stereocenters. The molecule has 1 atom stereocenters. The molecule has 0 aromatic carbocycles. The van der Waals surface area contributed by atoms with Gasteiger partial charge in [-0.3, -0.25) is 4.79 Å². The fraction of sp³-hybridized carbons (Fsp3) is 0.900. The van der Waals surface area contributed by atoms with Crippen LogP contribution in [0.5, 0.6) is 0 Å². The van der Waals surface area contributed by atoms with Crippen LogP contribution in [0.1, 0.15) is 33.1 Å². The molecule has 0 aromatic rings. The predicted molar refractivity (Wildman–Crippen MR) is 60.5 cm³/mol. The van der Waals surface area contributed by atoms with Gasteiger partial charge in [0.2, 0.25) is 5.91 Å². The highest BCUT2D eigenvalue weighted by Gasteiger charge is 2.27. The van der Waals surface area contributed by atoms with Gasteiger partial charge in [0.25, 0.3) is 0 Å². The maximum atomic E-state index is 11.8. The summed E-state index contributed by atoms with van der Waals surface area (Å²) < 4.78 is 0. The Kier molecular flexibility index (Phi) is 6.12. The summed E-state index contributed by atoms with van der Waals surface area (Å²) in [5.41, 5.74) is 5.75. The average molecular weight is 221 g/mol. The molecule has 1 aliphatic heterocycles. The zero-order valence-electron chi connectivity index (χ0n) is 9.03. The number of carbonyl (C=O) groups is 1. The quantitative estimate of drug-likeness (QED) is 0.782. The van der Waals surface area contributed by atoms with Crippen molar-refractivity contribution in [1.82, 2.24) is 4.90 Å². The number of amides is 1. The molecule has 1 saturated heterocycles. The van der Waals surface area contributed by atoms with E-state index < -0.39 is 0 Å². The largest absolute Gasteiger partial charge is 0.341 e. The van der Waals surface area contributed by atoms with Crippen molar-refractivity contribution in [3.05, 3.63) is 0 Å². The second-order valence-corrected chi connectivity index (χ2v) is 3.85. The summed E-state index contributed by atoms with van der Waals surface area (Å²) in [5.74, 6) is 0.517. The summed E-state index contributed by atoms with van der Waals surface area (Å²) in [6, 6.07) is 0.207. The van der Waals surface area contributed by atoms with Crippen molar-refractivity contribution >= 4 is 18.3 Å². The Morgan fingerprint density at radius 2 is 2.07 bits per heavy atom. The average Bonchev–Trinajstić information content (AvgIpc) is 2.54. The molecule has 0 radical (unpaired) electrons. The predicted octanol–water partition coefficient (Wildman–Crippen LogP) is 1.40. The van der Waals surface area contributed by atoms with Crippen molar-refractivity contribution in [2.75, 3.05) is 13.1 Å². The Labute approximate surface area is 92.4 Å². The van der Waals surface area contributed by atoms with Gasteiger partial charge < -0.3 is 10.6 Å². The van der Waals surface area contributed by atoms with Crippen molar-refractivity contribution in [2.24, 2.45) is 11.7 Å². The molecule has 3 nitrogen and oxygen atoms in total. The summed E-state index contributed by atoms with van der Waals surface area (Å²) in [5, 5.41) is 0. The summed E-state index contributed by atoms with van der Waals surface area (Å²) in [6.45, 7) is 5.76. The molecule has 2 N–H and O–H groups in total. The van der Waals surface area contributed by atoms with E-state index in [1.165, 1.54) is 0 Å². The Balaban J connectivity index is 0.00000169. The monoisotopic (exact) mass is 220 g/mol. The first-order valence-corrected chi connectivity index (χ1v) is 5.23. The smallest absolute Gasteiger partial charge is 0.225 e. The van der Waals surface area contributed by atoms with Crippen LogP contribution in [0.2, 0.25) is 0 Å². The molecule has 1 amide bonds. The fourth-order valence-corrected chi connectivity index (χ4v) is 1.88. The number of rotatable bonds is 3. The molecule has 0 aliphatic carbocycles. The number of hydrogen-bond acceptors (Lipinski definition) is 2. The van der Waals surface area contributed by atoms with Gasteiger partial charge in [-0.2, -0.15) is 0 Å². The number of likely N-dealkylation sites (tertiary alicyclic amines) is 1. The van der Waals surface area contributed by atoms with Crippen LogP contribution >= 0.6 is 12.4 Å². The van der Waals surface area contributed by atoms with Crippen LogP contribution < -0.4 is 5.73 Å². The van der Waals surface area contributed by atoms with Crippen LogP contribution in [-0.2, 0) is 4.79 Å². The van der Waals surface area contributed by atoms with E-state index in [-0.39, 0.29) is 24.4 Å². The van der Waals surface area contributed by atoms with E-state index in [1.807, 2.05) is 4.90 Å². The summed E-state index contributed by atoms with van der Waals surface area (Å²) in [6.07, 6.45) is 2.86. The van der Waals surface area contributed by atoms with E-state index >= 15 is 0 Å². The first kappa shape index (κ1) is 13.7. The van der Waals surface area contributed by atoms with Crippen molar-refractivity contribution in [2.45, 2.75) is 39.2 Å². The molecule has 14 heavy (non-hydrogen) atoms. The minimum Gasteiger partial charge on any atom is -0.341 e. The normalized spacial score (nSPS) is 21.1. The van der Waals surface area contributed by atoms with Crippen LogP contribution in [0.3, 0.4) is 0 Å². The van der Waals surface area contributed by atoms with Gasteiger partial charge in [0, 0.05) is 25.0 Å². The van der Waals surface area contributed by atoms with Crippen molar-refractivity contribution in [3.8, 4) is 0 Å². The lowest BCUT2D eigenvalue weighted by molar-refractivity contribution is -0.134. The highest BCUT2D eigenvalue weighted by atomic mass is 35.5. The first-order chi connectivity index (χ1) is 6.19.